The number of halogens is 2. The van der Waals surface area contributed by atoms with E-state index in [0.29, 0.717) is 32.3 Å². The molecule has 0 saturated heterocycles. The minimum Gasteiger partial charge on any atom is -0.395 e. The van der Waals surface area contributed by atoms with Crippen LogP contribution in [0.3, 0.4) is 0 Å². The third-order valence-corrected chi connectivity index (χ3v) is 3.55. The molecule has 0 fully saturated rings. The average molecular weight is 344 g/mol. The molecule has 0 unspecified atom stereocenters. The van der Waals surface area contributed by atoms with Gasteiger partial charge < -0.3 is 11.1 Å². The first-order valence-electron chi connectivity index (χ1n) is 5.45. The molecule has 1 amide bonds. The maximum atomic E-state index is 12.2. The Morgan fingerprint density at radius 3 is 2.74 bits per heavy atom. The van der Waals surface area contributed by atoms with E-state index in [-0.39, 0.29) is 5.91 Å². The molecule has 100 valence electrons. The highest BCUT2D eigenvalue weighted by Gasteiger charge is 2.18. The number of nitrogens with two attached hydrogens (primary N) is 1. The van der Waals surface area contributed by atoms with Gasteiger partial charge in [-0.05, 0) is 41.1 Å². The van der Waals surface area contributed by atoms with Crippen LogP contribution in [0.4, 0.5) is 11.4 Å². The van der Waals surface area contributed by atoms with E-state index >= 15 is 0 Å². The van der Waals surface area contributed by atoms with Crippen molar-refractivity contribution in [1.82, 2.24) is 9.78 Å². The third kappa shape index (κ3) is 2.74. The Morgan fingerprint density at radius 1 is 1.53 bits per heavy atom. The van der Waals surface area contributed by atoms with Crippen LogP contribution in [0.15, 0.2) is 22.7 Å². The highest BCUT2D eigenvalue weighted by molar-refractivity contribution is 9.10. The van der Waals surface area contributed by atoms with Crippen LogP contribution in [0.25, 0.3) is 0 Å². The number of amides is 1. The topological polar surface area (TPSA) is 72.9 Å². The summed E-state index contributed by atoms with van der Waals surface area (Å²) in [5, 5.41) is 7.46. The van der Waals surface area contributed by atoms with Gasteiger partial charge in [-0.1, -0.05) is 11.6 Å². The van der Waals surface area contributed by atoms with Crippen molar-refractivity contribution in [3.05, 3.63) is 39.1 Å². The van der Waals surface area contributed by atoms with E-state index in [0.717, 1.165) is 0 Å². The number of rotatable bonds is 2. The number of anilines is 2. The van der Waals surface area contributed by atoms with Gasteiger partial charge in [0, 0.05) is 16.5 Å². The van der Waals surface area contributed by atoms with E-state index in [2.05, 4.69) is 26.3 Å². The molecule has 19 heavy (non-hydrogen) atoms. The summed E-state index contributed by atoms with van der Waals surface area (Å²) in [4.78, 5) is 12.2. The molecule has 0 saturated carbocycles. The lowest BCUT2D eigenvalue weighted by atomic mass is 10.2. The van der Waals surface area contributed by atoms with Gasteiger partial charge in [0.15, 0.2) is 0 Å². The van der Waals surface area contributed by atoms with Gasteiger partial charge in [-0.2, -0.15) is 5.10 Å². The monoisotopic (exact) mass is 342 g/mol. The van der Waals surface area contributed by atoms with Gasteiger partial charge >= 0.3 is 0 Å². The quantitative estimate of drug-likeness (QED) is 0.880. The van der Waals surface area contributed by atoms with Crippen molar-refractivity contribution in [2.45, 2.75) is 6.92 Å². The fourth-order valence-corrected chi connectivity index (χ4v) is 2.50. The number of nitrogens with zero attached hydrogens (tertiary/aromatic N) is 2. The van der Waals surface area contributed by atoms with Gasteiger partial charge in [0.2, 0.25) is 0 Å². The molecule has 3 N–H and O–H groups in total. The molecular weight excluding hydrogens is 332 g/mol. The fraction of sp³-hybridized carbons (Fsp3) is 0.167. The first kappa shape index (κ1) is 13.9. The molecule has 1 heterocycles. The Bertz CT molecular complexity index is 653. The number of carbonyl (C=O) groups excluding carboxylic acids is 1. The van der Waals surface area contributed by atoms with E-state index in [1.165, 1.54) is 4.68 Å². The minimum absolute atomic E-state index is 0.316. The second kappa shape index (κ2) is 5.22. The van der Waals surface area contributed by atoms with E-state index in [1.807, 2.05) is 0 Å². The van der Waals surface area contributed by atoms with E-state index in [1.54, 1.807) is 32.2 Å². The summed E-state index contributed by atoms with van der Waals surface area (Å²) in [7, 11) is 1.68. The number of hydrogen-bond donors (Lipinski definition) is 2. The van der Waals surface area contributed by atoms with Gasteiger partial charge in [-0.3, -0.25) is 9.48 Å². The number of nitrogen functional groups attached to an aromatic ring is 1. The Balaban J connectivity index is 2.31. The molecule has 5 nitrogen and oxygen atoms in total. The molecule has 0 atom stereocenters. The van der Waals surface area contributed by atoms with Crippen LogP contribution in [0, 0.1) is 6.92 Å². The molecule has 2 aromatic rings. The van der Waals surface area contributed by atoms with Gasteiger partial charge in [-0.25, -0.2) is 0 Å². The molecule has 1 aromatic carbocycles. The van der Waals surface area contributed by atoms with Crippen LogP contribution in [0.2, 0.25) is 5.02 Å². The van der Waals surface area contributed by atoms with Gasteiger partial charge in [0.25, 0.3) is 5.91 Å². The fourth-order valence-electron chi connectivity index (χ4n) is 1.72. The minimum atomic E-state index is -0.316. The largest absolute Gasteiger partial charge is 0.395 e. The normalized spacial score (nSPS) is 10.5. The summed E-state index contributed by atoms with van der Waals surface area (Å²) in [6.07, 6.45) is 0. The summed E-state index contributed by atoms with van der Waals surface area (Å²) in [5.74, 6) is -0.316. The molecule has 0 radical (unpaired) electrons. The smallest absolute Gasteiger partial charge is 0.276 e. The number of carbonyl (C=O) groups is 1. The third-order valence-electron chi connectivity index (χ3n) is 2.66. The van der Waals surface area contributed by atoms with Crippen molar-refractivity contribution in [2.75, 3.05) is 11.1 Å². The van der Waals surface area contributed by atoms with Crippen molar-refractivity contribution in [1.29, 1.82) is 0 Å². The summed E-state index contributed by atoms with van der Waals surface area (Å²) in [6.45, 7) is 1.75. The lowest BCUT2D eigenvalue weighted by Crippen LogP contribution is -2.17. The lowest BCUT2D eigenvalue weighted by Gasteiger charge is -2.08. The van der Waals surface area contributed by atoms with Crippen LogP contribution in [-0.2, 0) is 7.05 Å². The summed E-state index contributed by atoms with van der Waals surface area (Å²) in [5.41, 5.74) is 7.80. The zero-order valence-electron chi connectivity index (χ0n) is 10.4. The van der Waals surface area contributed by atoms with Crippen molar-refractivity contribution < 1.29 is 4.79 Å². The second-order valence-corrected chi connectivity index (χ2v) is 5.34. The predicted molar refractivity (Wildman–Crippen MR) is 79.5 cm³/mol. The maximum absolute atomic E-state index is 12.2. The van der Waals surface area contributed by atoms with Crippen molar-refractivity contribution in [2.24, 2.45) is 7.05 Å². The zero-order chi connectivity index (χ0) is 14.2. The van der Waals surface area contributed by atoms with Crippen LogP contribution < -0.4 is 11.1 Å². The van der Waals surface area contributed by atoms with Crippen LogP contribution in [0.5, 0.6) is 0 Å². The molecule has 0 aliphatic rings. The number of nitrogens with one attached hydrogen (secondary N) is 1. The van der Waals surface area contributed by atoms with Crippen LogP contribution in [0.1, 0.15) is 16.2 Å². The first-order valence-corrected chi connectivity index (χ1v) is 6.62. The molecular formula is C12H12BrClN4O. The number of aryl methyl sites for hydroxylation is 2. The SMILES string of the molecule is Cc1nn(C)c(C(=O)Nc2ccc(Cl)cc2Br)c1N. The molecule has 0 bridgehead atoms. The maximum Gasteiger partial charge on any atom is 0.276 e. The Kier molecular flexibility index (Phi) is 3.82. The molecule has 0 aliphatic carbocycles. The van der Waals surface area contributed by atoms with E-state index < -0.39 is 0 Å². The number of aromatic nitrogens is 2. The highest BCUT2D eigenvalue weighted by Crippen LogP contribution is 2.27. The van der Waals surface area contributed by atoms with Gasteiger partial charge in [-0.15, -0.1) is 0 Å². The van der Waals surface area contributed by atoms with Gasteiger partial charge in [0.05, 0.1) is 17.1 Å². The van der Waals surface area contributed by atoms with Crippen LogP contribution >= 0.6 is 27.5 Å². The molecule has 7 heteroatoms. The van der Waals surface area contributed by atoms with E-state index in [9.17, 15) is 4.79 Å². The predicted octanol–water partition coefficient (Wildman–Crippen LogP) is 2.98. The zero-order valence-corrected chi connectivity index (χ0v) is 12.7. The number of hydrogen-bond acceptors (Lipinski definition) is 3. The number of benzene rings is 1. The van der Waals surface area contributed by atoms with Crippen molar-refractivity contribution in [3.8, 4) is 0 Å². The molecule has 1 aromatic heterocycles. The first-order chi connectivity index (χ1) is 8.90. The Hall–Kier alpha value is -1.53. The van der Waals surface area contributed by atoms with Gasteiger partial charge in [0.1, 0.15) is 5.69 Å². The Morgan fingerprint density at radius 2 is 2.21 bits per heavy atom. The summed E-state index contributed by atoms with van der Waals surface area (Å²) >= 11 is 9.19. The Labute approximate surface area is 123 Å². The molecule has 0 spiro atoms. The van der Waals surface area contributed by atoms with Crippen LogP contribution in [-0.4, -0.2) is 15.7 Å². The lowest BCUT2D eigenvalue weighted by molar-refractivity contribution is 0.101. The molecule has 0 aliphatic heterocycles. The summed E-state index contributed by atoms with van der Waals surface area (Å²) in [6, 6.07) is 5.11. The highest BCUT2D eigenvalue weighted by atomic mass is 79.9. The van der Waals surface area contributed by atoms with E-state index in [4.69, 9.17) is 17.3 Å². The average Bonchev–Trinajstić information content (AvgIpc) is 2.57. The summed E-state index contributed by atoms with van der Waals surface area (Å²) < 4.78 is 2.16. The standard InChI is InChI=1S/C12H12BrClN4O/c1-6-10(15)11(18(2)17-6)12(19)16-9-4-3-7(14)5-8(9)13/h3-5H,15H2,1-2H3,(H,16,19). The molecule has 2 rings (SSSR count). The van der Waals surface area contributed by atoms with Crippen molar-refractivity contribution >= 4 is 44.8 Å². The second-order valence-electron chi connectivity index (χ2n) is 4.05. The van der Waals surface area contributed by atoms with Crippen molar-refractivity contribution in [3.63, 3.8) is 0 Å².